The lowest BCUT2D eigenvalue weighted by atomic mass is 10.0. The molecule has 0 fully saturated rings. The monoisotopic (exact) mass is 318 g/mol. The molecule has 6 nitrogen and oxygen atoms in total. The first-order valence-corrected chi connectivity index (χ1v) is 7.86. The Balaban J connectivity index is 1.51. The molecule has 0 aliphatic carbocycles. The first kappa shape index (κ1) is 15.6. The van der Waals surface area contributed by atoms with Crippen molar-refractivity contribution in [3.05, 3.63) is 29.3 Å². The van der Waals surface area contributed by atoms with E-state index < -0.39 is 11.7 Å². The van der Waals surface area contributed by atoms with E-state index in [1.165, 1.54) is 5.56 Å². The number of ether oxygens (including phenoxy) is 2. The van der Waals surface area contributed by atoms with Crippen LogP contribution in [0.2, 0.25) is 0 Å². The van der Waals surface area contributed by atoms with Crippen LogP contribution in [0.3, 0.4) is 0 Å². The Bertz CT molecular complexity index is 634. The molecule has 6 heteroatoms. The molecule has 0 saturated carbocycles. The van der Waals surface area contributed by atoms with E-state index in [9.17, 15) is 4.79 Å². The number of fused-ring (bicyclic) bond motifs is 1. The number of alkyl carbamates (subject to hydrolysis) is 1. The number of nitrogens with zero attached hydrogens (tertiary/aromatic N) is 1. The topological polar surface area (TPSA) is 69.2 Å². The molecule has 23 heavy (non-hydrogen) atoms. The van der Waals surface area contributed by atoms with Crippen molar-refractivity contribution in [1.82, 2.24) is 5.32 Å². The second kappa shape index (κ2) is 6.10. The smallest absolute Gasteiger partial charge is 0.407 e. The summed E-state index contributed by atoms with van der Waals surface area (Å²) in [6, 6.07) is 6.13. The Kier molecular flexibility index (Phi) is 4.15. The van der Waals surface area contributed by atoms with Gasteiger partial charge in [-0.05, 0) is 32.4 Å². The van der Waals surface area contributed by atoms with Crippen molar-refractivity contribution in [1.29, 1.82) is 0 Å². The van der Waals surface area contributed by atoms with E-state index in [1.54, 1.807) is 0 Å². The first-order valence-electron chi connectivity index (χ1n) is 7.86. The lowest BCUT2D eigenvalue weighted by Crippen LogP contribution is -2.37. The van der Waals surface area contributed by atoms with Gasteiger partial charge in [-0.15, -0.1) is 0 Å². The van der Waals surface area contributed by atoms with Crippen LogP contribution < -0.4 is 10.1 Å². The molecular formula is C17H22N2O4. The molecule has 124 valence electrons. The van der Waals surface area contributed by atoms with E-state index >= 15 is 0 Å². The summed E-state index contributed by atoms with van der Waals surface area (Å²) in [6.45, 7) is 6.59. The van der Waals surface area contributed by atoms with Gasteiger partial charge in [0, 0.05) is 18.4 Å². The Morgan fingerprint density at radius 3 is 3.04 bits per heavy atom. The Morgan fingerprint density at radius 2 is 2.26 bits per heavy atom. The van der Waals surface area contributed by atoms with Crippen molar-refractivity contribution < 1.29 is 19.1 Å². The van der Waals surface area contributed by atoms with Gasteiger partial charge in [-0.2, -0.15) is 0 Å². The average Bonchev–Trinajstić information content (AvgIpc) is 3.11. The molecule has 2 heterocycles. The van der Waals surface area contributed by atoms with Gasteiger partial charge in [-0.1, -0.05) is 17.3 Å². The van der Waals surface area contributed by atoms with Crippen LogP contribution in [-0.4, -0.2) is 36.7 Å². The maximum Gasteiger partial charge on any atom is 0.407 e. The largest absolute Gasteiger partial charge is 0.493 e. The Morgan fingerprint density at radius 1 is 1.43 bits per heavy atom. The third kappa shape index (κ3) is 3.94. The van der Waals surface area contributed by atoms with Crippen LogP contribution in [0.25, 0.3) is 0 Å². The van der Waals surface area contributed by atoms with Gasteiger partial charge < -0.3 is 19.6 Å². The fraction of sp³-hybridized carbons (Fsp3) is 0.529. The molecular weight excluding hydrogens is 296 g/mol. The van der Waals surface area contributed by atoms with Gasteiger partial charge >= 0.3 is 6.09 Å². The van der Waals surface area contributed by atoms with E-state index in [4.69, 9.17) is 14.3 Å². The molecule has 1 atom stereocenters. The van der Waals surface area contributed by atoms with Crippen LogP contribution in [0.5, 0.6) is 5.75 Å². The standard InChI is InChI=1S/C17H22N2O4/c1-17(2,3)22-16(20)18-10-13-9-14(19-23-13)12-5-4-11-6-7-21-15(11)8-12/h4-5,8,13H,6-7,9-10H2,1-3H3,(H,18,20). The number of rotatable bonds is 3. The number of nitrogens with one attached hydrogen (secondary N) is 1. The normalized spacial score (nSPS) is 19.4. The molecule has 1 aromatic rings. The number of hydrogen-bond acceptors (Lipinski definition) is 5. The van der Waals surface area contributed by atoms with Crippen LogP contribution in [-0.2, 0) is 16.0 Å². The van der Waals surface area contributed by atoms with Gasteiger partial charge in [0.25, 0.3) is 0 Å². The molecule has 3 rings (SSSR count). The Labute approximate surface area is 135 Å². The zero-order valence-electron chi connectivity index (χ0n) is 13.7. The highest BCUT2D eigenvalue weighted by atomic mass is 16.6. The van der Waals surface area contributed by atoms with Gasteiger partial charge in [-0.3, -0.25) is 0 Å². The van der Waals surface area contributed by atoms with Crippen molar-refractivity contribution in [2.75, 3.05) is 13.2 Å². The summed E-state index contributed by atoms with van der Waals surface area (Å²) in [5.41, 5.74) is 2.60. The number of carbonyl (C=O) groups excluding carboxylic acids is 1. The quantitative estimate of drug-likeness (QED) is 0.930. The molecule has 2 aliphatic heterocycles. The van der Waals surface area contributed by atoms with Crippen LogP contribution >= 0.6 is 0 Å². The van der Waals surface area contributed by atoms with Gasteiger partial charge in [0.1, 0.15) is 11.4 Å². The summed E-state index contributed by atoms with van der Waals surface area (Å²) >= 11 is 0. The van der Waals surface area contributed by atoms with Crippen LogP contribution in [0.4, 0.5) is 4.79 Å². The lowest BCUT2D eigenvalue weighted by Gasteiger charge is -2.20. The van der Waals surface area contributed by atoms with E-state index in [1.807, 2.05) is 32.9 Å². The number of benzene rings is 1. The molecule has 0 spiro atoms. The molecule has 0 saturated heterocycles. The minimum Gasteiger partial charge on any atom is -0.493 e. The molecule has 0 radical (unpaired) electrons. The summed E-state index contributed by atoms with van der Waals surface area (Å²) in [5, 5.41) is 6.85. The SMILES string of the molecule is CC(C)(C)OC(=O)NCC1CC(c2ccc3c(c2)OCC3)=NO1. The predicted octanol–water partition coefficient (Wildman–Crippen LogP) is 2.64. The fourth-order valence-corrected chi connectivity index (χ4v) is 2.57. The first-order chi connectivity index (χ1) is 10.9. The van der Waals surface area contributed by atoms with Crippen molar-refractivity contribution >= 4 is 11.8 Å². The summed E-state index contributed by atoms with van der Waals surface area (Å²) in [4.78, 5) is 17.0. The molecule has 1 amide bonds. The number of hydrogen-bond donors (Lipinski definition) is 1. The number of oxime groups is 1. The van der Waals surface area contributed by atoms with E-state index in [2.05, 4.69) is 16.5 Å². The highest BCUT2D eigenvalue weighted by molar-refractivity contribution is 6.01. The summed E-state index contributed by atoms with van der Waals surface area (Å²) in [7, 11) is 0. The molecule has 1 N–H and O–H groups in total. The third-order valence-electron chi connectivity index (χ3n) is 3.64. The average molecular weight is 318 g/mol. The van der Waals surface area contributed by atoms with E-state index in [-0.39, 0.29) is 6.10 Å². The minimum atomic E-state index is -0.507. The number of amides is 1. The van der Waals surface area contributed by atoms with Crippen LogP contribution in [0.1, 0.15) is 38.3 Å². The summed E-state index contributed by atoms with van der Waals surface area (Å²) in [6.07, 6.45) is 0.988. The highest BCUT2D eigenvalue weighted by Gasteiger charge is 2.25. The maximum atomic E-state index is 11.7. The van der Waals surface area contributed by atoms with Crippen LogP contribution in [0, 0.1) is 0 Å². The fourth-order valence-electron chi connectivity index (χ4n) is 2.57. The zero-order valence-corrected chi connectivity index (χ0v) is 13.7. The van der Waals surface area contributed by atoms with E-state index in [0.717, 1.165) is 30.1 Å². The van der Waals surface area contributed by atoms with Crippen molar-refractivity contribution in [3.63, 3.8) is 0 Å². The lowest BCUT2D eigenvalue weighted by molar-refractivity contribution is 0.0439. The second-order valence-electron chi connectivity index (χ2n) is 6.77. The van der Waals surface area contributed by atoms with Gasteiger partial charge in [0.2, 0.25) is 0 Å². The van der Waals surface area contributed by atoms with Gasteiger partial charge in [0.05, 0.1) is 18.9 Å². The highest BCUT2D eigenvalue weighted by Crippen LogP contribution is 2.28. The maximum absolute atomic E-state index is 11.7. The molecule has 1 unspecified atom stereocenters. The van der Waals surface area contributed by atoms with E-state index in [0.29, 0.717) is 13.0 Å². The number of carbonyl (C=O) groups is 1. The zero-order chi connectivity index (χ0) is 16.4. The summed E-state index contributed by atoms with van der Waals surface area (Å²) in [5.74, 6) is 0.931. The summed E-state index contributed by atoms with van der Waals surface area (Å²) < 4.78 is 10.8. The van der Waals surface area contributed by atoms with Gasteiger partial charge in [0.15, 0.2) is 6.10 Å². The van der Waals surface area contributed by atoms with Crippen LogP contribution in [0.15, 0.2) is 23.4 Å². The second-order valence-corrected chi connectivity index (χ2v) is 6.77. The van der Waals surface area contributed by atoms with Crippen molar-refractivity contribution in [2.24, 2.45) is 5.16 Å². The minimum absolute atomic E-state index is 0.174. The third-order valence-corrected chi connectivity index (χ3v) is 3.64. The molecule has 2 aliphatic rings. The Hall–Kier alpha value is -2.24. The van der Waals surface area contributed by atoms with Crippen molar-refractivity contribution in [3.8, 4) is 5.75 Å². The predicted molar refractivity (Wildman–Crippen MR) is 85.9 cm³/mol. The molecule has 1 aromatic carbocycles. The van der Waals surface area contributed by atoms with Crippen molar-refractivity contribution in [2.45, 2.75) is 45.3 Å². The van der Waals surface area contributed by atoms with Gasteiger partial charge in [-0.25, -0.2) is 4.79 Å². The molecule has 0 bridgehead atoms. The molecule has 0 aromatic heterocycles.